The molecule has 3 atom stereocenters. The van der Waals surface area contributed by atoms with E-state index in [4.69, 9.17) is 18.5 Å². The van der Waals surface area contributed by atoms with Crippen molar-refractivity contribution >= 4 is 13.8 Å². The number of rotatable bonds is 40. The van der Waals surface area contributed by atoms with Crippen molar-refractivity contribution in [1.82, 2.24) is 0 Å². The number of likely N-dealkylation sites (N-methyl/N-ethyl adjacent to an activating group) is 1. The number of hydrogen-bond donors (Lipinski definition) is 1. The number of quaternary nitrogens is 1. The highest BCUT2D eigenvalue weighted by Crippen LogP contribution is 2.38. The standard InChI is InChI=1S/C48H84NO8P/c1-6-8-10-12-14-16-18-20-22-24-26-28-30-32-34-36-38-46(50)39-40-48(51)57-47(45-56-58(52,53)55-43-41-49(3,4)5)44-54-42-37-35-33-31-29-27-25-23-21-19-17-15-13-11-9-7-2/h8,10,14,16,20,22,26,28,32,34,36-38,42,46-47,50H,6-7,9,11-13,15,17-19,21,23-25,27,29-31,33,35,39-41,43-45H2,1-5H3/b10-8-,16-14-,22-20-,28-26-,34-32-,38-36-,42-37+/t46?,47-/m1/s1. The second-order valence-electron chi connectivity index (χ2n) is 15.9. The zero-order valence-electron chi connectivity index (χ0n) is 37.3. The van der Waals surface area contributed by atoms with Gasteiger partial charge in [0.2, 0.25) is 0 Å². The van der Waals surface area contributed by atoms with E-state index in [1.54, 1.807) is 18.4 Å². The molecule has 10 heteroatoms. The molecular formula is C48H84NO8P. The maximum Gasteiger partial charge on any atom is 0.306 e. The zero-order chi connectivity index (χ0) is 42.8. The van der Waals surface area contributed by atoms with Crippen LogP contribution in [-0.4, -0.2) is 75.3 Å². The quantitative estimate of drug-likeness (QED) is 0.0123. The number of allylic oxidation sites excluding steroid dienone is 12. The van der Waals surface area contributed by atoms with E-state index in [0.717, 1.165) is 44.9 Å². The first-order valence-corrected chi connectivity index (χ1v) is 23.9. The third-order valence-corrected chi connectivity index (χ3v) is 10.1. The number of phosphoric ester groups is 1. The molecule has 0 saturated heterocycles. The lowest BCUT2D eigenvalue weighted by Crippen LogP contribution is -2.37. The average Bonchev–Trinajstić information content (AvgIpc) is 3.17. The van der Waals surface area contributed by atoms with Gasteiger partial charge in [0.15, 0.2) is 6.10 Å². The van der Waals surface area contributed by atoms with E-state index in [0.29, 0.717) is 11.0 Å². The van der Waals surface area contributed by atoms with Crippen LogP contribution in [0, 0.1) is 0 Å². The minimum Gasteiger partial charge on any atom is -0.756 e. The Balaban J connectivity index is 4.54. The molecule has 0 aliphatic carbocycles. The smallest absolute Gasteiger partial charge is 0.306 e. The molecule has 0 aromatic rings. The molecule has 0 aliphatic heterocycles. The monoisotopic (exact) mass is 834 g/mol. The van der Waals surface area contributed by atoms with Gasteiger partial charge in [0, 0.05) is 6.42 Å². The Bertz CT molecular complexity index is 1220. The topological polar surface area (TPSA) is 114 Å². The minimum atomic E-state index is -4.61. The zero-order valence-corrected chi connectivity index (χ0v) is 38.2. The highest BCUT2D eigenvalue weighted by molar-refractivity contribution is 7.45. The van der Waals surface area contributed by atoms with Crippen LogP contribution in [0.3, 0.4) is 0 Å². The molecule has 0 radical (unpaired) electrons. The summed E-state index contributed by atoms with van der Waals surface area (Å²) in [6.07, 6.45) is 50.2. The van der Waals surface area contributed by atoms with E-state index in [1.807, 2.05) is 39.4 Å². The molecule has 58 heavy (non-hydrogen) atoms. The second kappa shape index (κ2) is 39.9. The summed E-state index contributed by atoms with van der Waals surface area (Å²) < 4.78 is 34.1. The Kier molecular flexibility index (Phi) is 38.2. The van der Waals surface area contributed by atoms with Crippen molar-refractivity contribution < 1.29 is 42.4 Å². The number of hydrogen-bond acceptors (Lipinski definition) is 8. The average molecular weight is 834 g/mol. The van der Waals surface area contributed by atoms with Gasteiger partial charge in [0.05, 0.1) is 40.1 Å². The molecule has 0 bridgehead atoms. The molecule has 0 saturated carbocycles. The van der Waals surface area contributed by atoms with Gasteiger partial charge in [0.1, 0.15) is 19.8 Å². The van der Waals surface area contributed by atoms with Crippen molar-refractivity contribution in [1.29, 1.82) is 0 Å². The summed E-state index contributed by atoms with van der Waals surface area (Å²) in [5.74, 6) is -0.586. The van der Waals surface area contributed by atoms with Crippen molar-refractivity contribution in [2.24, 2.45) is 0 Å². The normalized spacial score (nSPS) is 15.0. The van der Waals surface area contributed by atoms with E-state index < -0.39 is 32.6 Å². The predicted molar refractivity (Wildman–Crippen MR) is 241 cm³/mol. The number of carbonyl (C=O) groups excluding carboxylic acids is 1. The lowest BCUT2D eigenvalue weighted by molar-refractivity contribution is -0.870. The number of unbranched alkanes of at least 4 members (excludes halogenated alkanes) is 14. The summed E-state index contributed by atoms with van der Waals surface area (Å²) in [7, 11) is 1.17. The number of aliphatic hydroxyl groups is 1. The van der Waals surface area contributed by atoms with Gasteiger partial charge in [-0.1, -0.05) is 170 Å². The van der Waals surface area contributed by atoms with Crippen LogP contribution < -0.4 is 4.89 Å². The van der Waals surface area contributed by atoms with Gasteiger partial charge in [-0.05, 0) is 57.4 Å². The lowest BCUT2D eigenvalue weighted by Gasteiger charge is -2.28. The highest BCUT2D eigenvalue weighted by atomic mass is 31.2. The first-order chi connectivity index (χ1) is 28.0. The molecule has 334 valence electrons. The van der Waals surface area contributed by atoms with E-state index in [-0.39, 0.29) is 26.1 Å². The molecule has 0 aromatic carbocycles. The first kappa shape index (κ1) is 55.5. The molecular weight excluding hydrogens is 750 g/mol. The van der Waals surface area contributed by atoms with Gasteiger partial charge in [-0.2, -0.15) is 0 Å². The van der Waals surface area contributed by atoms with Gasteiger partial charge in [-0.15, -0.1) is 0 Å². The third-order valence-electron chi connectivity index (χ3n) is 9.14. The fraction of sp³-hybridized carbons (Fsp3) is 0.688. The number of ether oxygens (including phenoxy) is 2. The molecule has 1 N–H and O–H groups in total. The van der Waals surface area contributed by atoms with Crippen molar-refractivity contribution in [3.05, 3.63) is 85.3 Å². The van der Waals surface area contributed by atoms with Crippen molar-refractivity contribution in [3.8, 4) is 0 Å². The lowest BCUT2D eigenvalue weighted by atomic mass is 10.0. The summed E-state index contributed by atoms with van der Waals surface area (Å²) in [6.45, 7) is 4.33. The number of aliphatic hydroxyl groups excluding tert-OH is 1. The Morgan fingerprint density at radius 2 is 1.19 bits per heavy atom. The predicted octanol–water partition coefficient (Wildman–Crippen LogP) is 12.0. The van der Waals surface area contributed by atoms with Crippen molar-refractivity contribution in [3.63, 3.8) is 0 Å². The summed E-state index contributed by atoms with van der Waals surface area (Å²) in [4.78, 5) is 25.1. The van der Waals surface area contributed by atoms with Gasteiger partial charge >= 0.3 is 5.97 Å². The maximum absolute atomic E-state index is 12.7. The highest BCUT2D eigenvalue weighted by Gasteiger charge is 2.21. The van der Waals surface area contributed by atoms with E-state index in [9.17, 15) is 19.4 Å². The molecule has 0 amide bonds. The van der Waals surface area contributed by atoms with Gasteiger partial charge in [0.25, 0.3) is 7.82 Å². The fourth-order valence-corrected chi connectivity index (χ4v) is 6.35. The maximum atomic E-state index is 12.7. The minimum absolute atomic E-state index is 0.0295. The fourth-order valence-electron chi connectivity index (χ4n) is 5.62. The van der Waals surface area contributed by atoms with Crippen LogP contribution in [0.15, 0.2) is 85.3 Å². The molecule has 0 fully saturated rings. The molecule has 0 aromatic heterocycles. The first-order valence-electron chi connectivity index (χ1n) is 22.5. The summed E-state index contributed by atoms with van der Waals surface area (Å²) in [5, 5.41) is 10.4. The Morgan fingerprint density at radius 3 is 1.72 bits per heavy atom. The van der Waals surface area contributed by atoms with Crippen LogP contribution in [0.1, 0.15) is 155 Å². The summed E-state index contributed by atoms with van der Waals surface area (Å²) in [5.41, 5.74) is 0. The third kappa shape index (κ3) is 43.1. The largest absolute Gasteiger partial charge is 0.756 e. The molecule has 0 aliphatic rings. The van der Waals surface area contributed by atoms with Crippen molar-refractivity contribution in [2.45, 2.75) is 167 Å². The molecule has 2 unspecified atom stereocenters. The van der Waals surface area contributed by atoms with Gasteiger partial charge < -0.3 is 33.0 Å². The molecule has 0 heterocycles. The molecule has 0 rings (SSSR count). The van der Waals surface area contributed by atoms with E-state index in [2.05, 4.69) is 62.5 Å². The van der Waals surface area contributed by atoms with E-state index >= 15 is 0 Å². The number of esters is 1. The Morgan fingerprint density at radius 1 is 0.672 bits per heavy atom. The van der Waals surface area contributed by atoms with Crippen LogP contribution in [0.25, 0.3) is 0 Å². The van der Waals surface area contributed by atoms with Crippen LogP contribution in [-0.2, 0) is 27.9 Å². The van der Waals surface area contributed by atoms with Crippen LogP contribution in [0.5, 0.6) is 0 Å². The van der Waals surface area contributed by atoms with Crippen LogP contribution >= 0.6 is 7.82 Å². The number of carbonyl (C=O) groups is 1. The molecule has 9 nitrogen and oxygen atoms in total. The van der Waals surface area contributed by atoms with Gasteiger partial charge in [-0.3, -0.25) is 9.36 Å². The molecule has 0 spiro atoms. The SMILES string of the molecule is CC/C=C\C/C=C\C/C=C\C/C=C\C/C=C\C=C/C(O)CCC(=O)O[C@H](CO/C=C/CCCCCCCCCCCCCCCC)COP(=O)([O-])OCC[N+](C)(C)C. The van der Waals surface area contributed by atoms with Crippen LogP contribution in [0.2, 0.25) is 0 Å². The van der Waals surface area contributed by atoms with E-state index in [1.165, 1.54) is 83.5 Å². The summed E-state index contributed by atoms with van der Waals surface area (Å²) >= 11 is 0. The summed E-state index contributed by atoms with van der Waals surface area (Å²) in [6, 6.07) is 0. The number of nitrogens with zero attached hydrogens (tertiary/aromatic N) is 1. The van der Waals surface area contributed by atoms with Crippen LogP contribution in [0.4, 0.5) is 0 Å². The van der Waals surface area contributed by atoms with Gasteiger partial charge in [-0.25, -0.2) is 0 Å². The van der Waals surface area contributed by atoms with Crippen molar-refractivity contribution in [2.75, 3.05) is 47.5 Å². The number of phosphoric acid groups is 1. The Hall–Kier alpha value is -2.52. The second-order valence-corrected chi connectivity index (χ2v) is 17.4. The Labute approximate surface area is 355 Å².